The first-order valence-electron chi connectivity index (χ1n) is 8.97. The monoisotopic (exact) mass is 348 g/mol. The molecule has 26 heavy (non-hydrogen) atoms. The van der Waals surface area contributed by atoms with E-state index >= 15 is 0 Å². The zero-order chi connectivity index (χ0) is 18.6. The summed E-state index contributed by atoms with van der Waals surface area (Å²) in [5.74, 6) is 6.12. The second kappa shape index (κ2) is 7.76. The number of hydrogen-bond donors (Lipinski definition) is 0. The van der Waals surface area contributed by atoms with Gasteiger partial charge < -0.3 is 9.47 Å². The van der Waals surface area contributed by atoms with Gasteiger partial charge in [0.15, 0.2) is 0 Å². The van der Waals surface area contributed by atoms with Crippen molar-refractivity contribution in [3.63, 3.8) is 0 Å². The first-order chi connectivity index (χ1) is 12.5. The fraction of sp³-hybridized carbons (Fsp3) is 0.348. The lowest BCUT2D eigenvalue weighted by atomic mass is 10.0. The minimum atomic E-state index is -0.237. The zero-order valence-electron chi connectivity index (χ0n) is 15.5. The van der Waals surface area contributed by atoms with Gasteiger partial charge in [-0.05, 0) is 62.1 Å². The van der Waals surface area contributed by atoms with E-state index in [4.69, 9.17) is 4.74 Å². The quantitative estimate of drug-likeness (QED) is 0.600. The van der Waals surface area contributed by atoms with Gasteiger partial charge in [0, 0.05) is 11.1 Å². The number of carbonyl (C=O) groups is 1. The molecule has 2 aromatic rings. The van der Waals surface area contributed by atoms with E-state index in [2.05, 4.69) is 54.7 Å². The summed E-state index contributed by atoms with van der Waals surface area (Å²) < 4.78 is 10.8. The smallest absolute Gasteiger partial charge is 0.309 e. The van der Waals surface area contributed by atoms with Crippen molar-refractivity contribution in [3.05, 3.63) is 70.8 Å². The molecule has 0 spiro atoms. The average Bonchev–Trinajstić information content (AvgIpc) is 3.41. The van der Waals surface area contributed by atoms with Crippen LogP contribution >= 0.6 is 0 Å². The van der Waals surface area contributed by atoms with E-state index in [1.807, 2.05) is 24.3 Å². The highest BCUT2D eigenvalue weighted by atomic mass is 16.5. The largest absolute Gasteiger partial charge is 0.469 e. The Morgan fingerprint density at radius 2 is 1.54 bits per heavy atom. The van der Waals surface area contributed by atoms with Crippen molar-refractivity contribution in [1.82, 2.24) is 0 Å². The van der Waals surface area contributed by atoms with Crippen LogP contribution in [0.1, 0.15) is 48.9 Å². The summed E-state index contributed by atoms with van der Waals surface area (Å²) in [6, 6.07) is 16.0. The number of carbonyl (C=O) groups excluding carboxylic acids is 1. The van der Waals surface area contributed by atoms with Crippen LogP contribution in [-0.4, -0.2) is 19.2 Å². The van der Waals surface area contributed by atoms with Gasteiger partial charge in [0.05, 0.1) is 25.2 Å². The molecule has 3 heteroatoms. The minimum Gasteiger partial charge on any atom is -0.469 e. The lowest BCUT2D eigenvalue weighted by Gasteiger charge is -2.19. The van der Waals surface area contributed by atoms with E-state index in [1.54, 1.807) is 0 Å². The Labute approximate surface area is 155 Å². The molecule has 1 fully saturated rings. The molecule has 3 rings (SSSR count). The maximum absolute atomic E-state index is 11.3. The Balaban J connectivity index is 1.66. The van der Waals surface area contributed by atoms with Gasteiger partial charge in [0.25, 0.3) is 0 Å². The van der Waals surface area contributed by atoms with Crippen LogP contribution in [-0.2, 0) is 26.3 Å². The Kier molecular flexibility index (Phi) is 5.44. The zero-order valence-corrected chi connectivity index (χ0v) is 15.5. The average molecular weight is 348 g/mol. The van der Waals surface area contributed by atoms with Crippen LogP contribution in [0.2, 0.25) is 0 Å². The van der Waals surface area contributed by atoms with Crippen LogP contribution < -0.4 is 0 Å². The van der Waals surface area contributed by atoms with Crippen molar-refractivity contribution in [2.45, 2.75) is 44.8 Å². The number of methoxy groups -OCH3 is 1. The molecule has 0 saturated heterocycles. The maximum Gasteiger partial charge on any atom is 0.309 e. The van der Waals surface area contributed by atoms with Gasteiger partial charge in [0.2, 0.25) is 0 Å². The summed E-state index contributed by atoms with van der Waals surface area (Å²) in [5, 5.41) is 0. The lowest BCUT2D eigenvalue weighted by Crippen LogP contribution is -2.17. The van der Waals surface area contributed by atoms with Crippen molar-refractivity contribution in [2.24, 2.45) is 0 Å². The van der Waals surface area contributed by atoms with Crippen LogP contribution in [0.15, 0.2) is 48.5 Å². The molecule has 0 aromatic heterocycles. The third-order valence-corrected chi connectivity index (χ3v) is 4.46. The predicted octanol–water partition coefficient (Wildman–Crippen LogP) is 4.22. The van der Waals surface area contributed by atoms with Crippen LogP contribution in [0.3, 0.4) is 0 Å². The summed E-state index contributed by atoms with van der Waals surface area (Å²) >= 11 is 0. The number of benzene rings is 2. The number of ether oxygens (including phenoxy) is 2. The van der Waals surface area contributed by atoms with Crippen molar-refractivity contribution < 1.29 is 14.3 Å². The molecule has 0 atom stereocenters. The van der Waals surface area contributed by atoms with Gasteiger partial charge in [0.1, 0.15) is 0 Å². The Bertz CT molecular complexity index is 816. The van der Waals surface area contributed by atoms with E-state index in [0.29, 0.717) is 0 Å². The third-order valence-electron chi connectivity index (χ3n) is 4.46. The topological polar surface area (TPSA) is 35.5 Å². The molecule has 0 bridgehead atoms. The molecule has 0 N–H and O–H groups in total. The molecule has 1 aliphatic carbocycles. The highest BCUT2D eigenvalue weighted by Gasteiger charge is 2.46. The molecule has 0 unspecified atom stereocenters. The molecule has 3 nitrogen and oxygen atoms in total. The van der Waals surface area contributed by atoms with E-state index in [1.165, 1.54) is 12.7 Å². The van der Waals surface area contributed by atoms with Gasteiger partial charge in [-0.2, -0.15) is 0 Å². The summed E-state index contributed by atoms with van der Waals surface area (Å²) in [6.07, 6.45) is 2.70. The standard InChI is InChI=1S/C23H24O3/c1-17(2)26-23(14-15-23)21-12-10-19(11-13-21)5-4-18-6-8-20(9-7-18)16-22(24)25-3/h6-13,17H,14-16H2,1-3H3. The predicted molar refractivity (Wildman–Crippen MR) is 102 cm³/mol. The van der Waals surface area contributed by atoms with Crippen molar-refractivity contribution in [3.8, 4) is 11.8 Å². The number of esters is 1. The van der Waals surface area contributed by atoms with Gasteiger partial charge in [-0.15, -0.1) is 0 Å². The fourth-order valence-corrected chi connectivity index (χ4v) is 2.99. The van der Waals surface area contributed by atoms with Crippen LogP contribution in [0.4, 0.5) is 0 Å². The summed E-state index contributed by atoms with van der Waals surface area (Å²) in [4.78, 5) is 11.3. The molecule has 0 aliphatic heterocycles. The van der Waals surface area contributed by atoms with Crippen molar-refractivity contribution in [2.75, 3.05) is 7.11 Å². The maximum atomic E-state index is 11.3. The molecular weight excluding hydrogens is 324 g/mol. The normalized spacial score (nSPS) is 14.5. The molecular formula is C23H24O3. The summed E-state index contributed by atoms with van der Waals surface area (Å²) in [7, 11) is 1.40. The SMILES string of the molecule is COC(=O)Cc1ccc(C#Cc2ccc(C3(OC(C)C)CC3)cc2)cc1. The third kappa shape index (κ3) is 4.53. The van der Waals surface area contributed by atoms with E-state index < -0.39 is 0 Å². The molecule has 1 saturated carbocycles. The highest BCUT2D eigenvalue weighted by Crippen LogP contribution is 2.49. The Hall–Kier alpha value is -2.57. The van der Waals surface area contributed by atoms with Crippen LogP contribution in [0.25, 0.3) is 0 Å². The number of hydrogen-bond acceptors (Lipinski definition) is 3. The minimum absolute atomic E-state index is 0.0738. The molecule has 2 aromatic carbocycles. The van der Waals surface area contributed by atoms with Gasteiger partial charge in [-0.1, -0.05) is 36.1 Å². The highest BCUT2D eigenvalue weighted by molar-refractivity contribution is 5.72. The molecule has 0 radical (unpaired) electrons. The van der Waals surface area contributed by atoms with Crippen molar-refractivity contribution >= 4 is 5.97 Å². The van der Waals surface area contributed by atoms with E-state index in [-0.39, 0.29) is 24.1 Å². The molecule has 1 aliphatic rings. The fourth-order valence-electron chi connectivity index (χ4n) is 2.99. The molecule has 0 amide bonds. The van der Waals surface area contributed by atoms with Crippen LogP contribution in [0.5, 0.6) is 0 Å². The van der Waals surface area contributed by atoms with E-state index in [9.17, 15) is 4.79 Å². The first kappa shape index (κ1) is 18.2. The van der Waals surface area contributed by atoms with Gasteiger partial charge >= 0.3 is 5.97 Å². The van der Waals surface area contributed by atoms with Crippen molar-refractivity contribution in [1.29, 1.82) is 0 Å². The first-order valence-corrected chi connectivity index (χ1v) is 8.97. The molecule has 0 heterocycles. The summed E-state index contributed by atoms with van der Waals surface area (Å²) in [6.45, 7) is 4.16. The Morgan fingerprint density at radius 3 is 2.00 bits per heavy atom. The molecule has 134 valence electrons. The number of rotatable bonds is 5. The van der Waals surface area contributed by atoms with E-state index in [0.717, 1.165) is 29.5 Å². The lowest BCUT2D eigenvalue weighted by molar-refractivity contribution is -0.139. The van der Waals surface area contributed by atoms with Crippen LogP contribution in [0, 0.1) is 11.8 Å². The summed E-state index contributed by atoms with van der Waals surface area (Å²) in [5.41, 5.74) is 3.99. The second-order valence-electron chi connectivity index (χ2n) is 6.94. The second-order valence-corrected chi connectivity index (χ2v) is 6.94. The Morgan fingerprint density at radius 1 is 1.00 bits per heavy atom. The van der Waals surface area contributed by atoms with Gasteiger partial charge in [-0.25, -0.2) is 0 Å². The van der Waals surface area contributed by atoms with Gasteiger partial charge in [-0.3, -0.25) is 4.79 Å².